The summed E-state index contributed by atoms with van der Waals surface area (Å²) in [6.07, 6.45) is 0. The van der Waals surface area contributed by atoms with Crippen molar-refractivity contribution >= 4 is 5.82 Å². The Kier molecular flexibility index (Phi) is 1.54. The molecular weight excluding hydrogens is 150 g/mol. The van der Waals surface area contributed by atoms with Gasteiger partial charge in [-0.05, 0) is 19.9 Å². The van der Waals surface area contributed by atoms with Crippen LogP contribution in [0.25, 0.3) is 0 Å². The molecule has 1 aliphatic rings. The monoisotopic (exact) mass is 163 g/mol. The fourth-order valence-corrected chi connectivity index (χ4v) is 1.58. The Morgan fingerprint density at radius 2 is 2.25 bits per heavy atom. The molecule has 0 amide bonds. The minimum absolute atomic E-state index is 0.387. The molecule has 1 aromatic rings. The lowest BCUT2D eigenvalue weighted by Gasteiger charge is -2.11. The first-order valence-electron chi connectivity index (χ1n) is 4.16. The van der Waals surface area contributed by atoms with Crippen molar-refractivity contribution in [1.82, 2.24) is 10.4 Å². The quantitative estimate of drug-likeness (QED) is 0.626. The standard InChI is InChI=1S/C9H13N3/c1-6-4-5-8-7(2)11-12(3)9(8)10-6/h4-5,7,11H,1-3H3. The number of nitrogens with zero attached hydrogens (tertiary/aromatic N) is 2. The summed E-state index contributed by atoms with van der Waals surface area (Å²) in [5, 5.41) is 1.98. The van der Waals surface area contributed by atoms with Crippen molar-refractivity contribution in [3.8, 4) is 0 Å². The van der Waals surface area contributed by atoms with Crippen LogP contribution in [0.4, 0.5) is 5.82 Å². The lowest BCUT2D eigenvalue weighted by molar-refractivity contribution is 0.615. The summed E-state index contributed by atoms with van der Waals surface area (Å²) in [6, 6.07) is 4.58. The first kappa shape index (κ1) is 7.55. The van der Waals surface area contributed by atoms with E-state index < -0.39 is 0 Å². The van der Waals surface area contributed by atoms with E-state index in [0.717, 1.165) is 11.5 Å². The highest BCUT2D eigenvalue weighted by atomic mass is 15.5. The molecule has 12 heavy (non-hydrogen) atoms. The van der Waals surface area contributed by atoms with Gasteiger partial charge in [-0.15, -0.1) is 0 Å². The van der Waals surface area contributed by atoms with Crippen LogP contribution in [-0.2, 0) is 0 Å². The molecule has 0 radical (unpaired) electrons. The molecule has 0 aromatic carbocycles. The summed E-state index contributed by atoms with van der Waals surface area (Å²) in [6.45, 7) is 4.15. The van der Waals surface area contributed by atoms with E-state index in [2.05, 4.69) is 29.5 Å². The van der Waals surface area contributed by atoms with Crippen LogP contribution in [0.3, 0.4) is 0 Å². The second kappa shape index (κ2) is 2.45. The maximum atomic E-state index is 4.45. The lowest BCUT2D eigenvalue weighted by Crippen LogP contribution is -2.29. The molecule has 0 saturated carbocycles. The first-order valence-corrected chi connectivity index (χ1v) is 4.16. The number of nitrogens with one attached hydrogen (secondary N) is 1. The van der Waals surface area contributed by atoms with Gasteiger partial charge in [-0.25, -0.2) is 10.4 Å². The summed E-state index contributed by atoms with van der Waals surface area (Å²) >= 11 is 0. The van der Waals surface area contributed by atoms with Crippen molar-refractivity contribution in [3.63, 3.8) is 0 Å². The normalized spacial score (nSPS) is 21.2. The predicted octanol–water partition coefficient (Wildman–Crippen LogP) is 1.41. The smallest absolute Gasteiger partial charge is 0.147 e. The van der Waals surface area contributed by atoms with Gasteiger partial charge in [0.2, 0.25) is 0 Å². The molecule has 1 aromatic heterocycles. The van der Waals surface area contributed by atoms with E-state index in [1.54, 1.807) is 0 Å². The molecule has 0 saturated heterocycles. The van der Waals surface area contributed by atoms with Crippen LogP contribution in [0.1, 0.15) is 24.2 Å². The molecule has 3 heteroatoms. The van der Waals surface area contributed by atoms with Crippen LogP contribution in [0.15, 0.2) is 12.1 Å². The SMILES string of the molecule is Cc1ccc2c(n1)N(C)NC2C. The van der Waals surface area contributed by atoms with E-state index in [-0.39, 0.29) is 0 Å². The molecule has 0 fully saturated rings. The Morgan fingerprint density at radius 3 is 3.00 bits per heavy atom. The van der Waals surface area contributed by atoms with Crippen LogP contribution in [0.2, 0.25) is 0 Å². The van der Waals surface area contributed by atoms with Crippen LogP contribution >= 0.6 is 0 Å². The maximum absolute atomic E-state index is 4.45. The van der Waals surface area contributed by atoms with E-state index in [4.69, 9.17) is 0 Å². The number of hydrogen-bond acceptors (Lipinski definition) is 3. The number of hydrazine groups is 1. The third-order valence-corrected chi connectivity index (χ3v) is 2.22. The third-order valence-electron chi connectivity index (χ3n) is 2.22. The van der Waals surface area contributed by atoms with Gasteiger partial charge in [0, 0.05) is 18.3 Å². The minimum atomic E-state index is 0.387. The molecule has 3 nitrogen and oxygen atoms in total. The van der Waals surface area contributed by atoms with Crippen molar-refractivity contribution in [2.75, 3.05) is 12.1 Å². The number of rotatable bonds is 0. The van der Waals surface area contributed by atoms with Gasteiger partial charge < -0.3 is 0 Å². The molecule has 2 heterocycles. The number of hydrogen-bond donors (Lipinski definition) is 1. The molecule has 0 bridgehead atoms. The highest BCUT2D eigenvalue weighted by Crippen LogP contribution is 2.29. The number of pyridine rings is 1. The fraction of sp³-hybridized carbons (Fsp3) is 0.444. The Bertz CT molecular complexity index is 309. The Balaban J connectivity index is 2.53. The predicted molar refractivity (Wildman–Crippen MR) is 48.9 cm³/mol. The fourth-order valence-electron chi connectivity index (χ4n) is 1.58. The second-order valence-electron chi connectivity index (χ2n) is 3.28. The van der Waals surface area contributed by atoms with Gasteiger partial charge in [-0.3, -0.25) is 5.01 Å². The topological polar surface area (TPSA) is 28.2 Å². The Hall–Kier alpha value is -1.09. The number of anilines is 1. The number of aryl methyl sites for hydroxylation is 1. The van der Waals surface area contributed by atoms with Crippen molar-refractivity contribution in [3.05, 3.63) is 23.4 Å². The zero-order chi connectivity index (χ0) is 8.72. The average molecular weight is 163 g/mol. The first-order chi connectivity index (χ1) is 5.68. The largest absolute Gasteiger partial charge is 0.294 e. The molecule has 0 aliphatic carbocycles. The van der Waals surface area contributed by atoms with Crippen LogP contribution in [0, 0.1) is 6.92 Å². The molecule has 64 valence electrons. The molecule has 0 spiro atoms. The summed E-state index contributed by atoms with van der Waals surface area (Å²) in [7, 11) is 1.99. The van der Waals surface area contributed by atoms with Crippen molar-refractivity contribution in [1.29, 1.82) is 0 Å². The Morgan fingerprint density at radius 1 is 1.50 bits per heavy atom. The molecule has 1 unspecified atom stereocenters. The van der Waals surface area contributed by atoms with Crippen LogP contribution < -0.4 is 10.4 Å². The summed E-state index contributed by atoms with van der Waals surface area (Å²) in [5.41, 5.74) is 5.63. The van der Waals surface area contributed by atoms with Crippen molar-refractivity contribution in [2.45, 2.75) is 19.9 Å². The lowest BCUT2D eigenvalue weighted by atomic mass is 10.1. The van der Waals surface area contributed by atoms with E-state index in [9.17, 15) is 0 Å². The molecule has 2 rings (SSSR count). The van der Waals surface area contributed by atoms with Gasteiger partial charge >= 0.3 is 0 Å². The number of aromatic nitrogens is 1. The van der Waals surface area contributed by atoms with Gasteiger partial charge in [0.1, 0.15) is 5.82 Å². The summed E-state index contributed by atoms with van der Waals surface area (Å²) < 4.78 is 0. The van der Waals surface area contributed by atoms with E-state index in [1.165, 1.54) is 5.56 Å². The van der Waals surface area contributed by atoms with Crippen LogP contribution in [0.5, 0.6) is 0 Å². The molecule has 1 atom stereocenters. The summed E-state index contributed by atoms with van der Waals surface area (Å²) in [5.74, 6) is 1.06. The highest BCUT2D eigenvalue weighted by Gasteiger charge is 2.22. The molecule has 1 aliphatic heterocycles. The zero-order valence-corrected chi connectivity index (χ0v) is 7.63. The third kappa shape index (κ3) is 0.975. The van der Waals surface area contributed by atoms with Gasteiger partial charge in [0.15, 0.2) is 0 Å². The molecule has 1 N–H and O–H groups in total. The zero-order valence-electron chi connectivity index (χ0n) is 7.63. The summed E-state index contributed by atoms with van der Waals surface area (Å²) in [4.78, 5) is 4.45. The van der Waals surface area contributed by atoms with E-state index in [0.29, 0.717) is 6.04 Å². The average Bonchev–Trinajstić information content (AvgIpc) is 2.28. The maximum Gasteiger partial charge on any atom is 0.147 e. The van der Waals surface area contributed by atoms with Gasteiger partial charge in [-0.2, -0.15) is 0 Å². The van der Waals surface area contributed by atoms with Gasteiger partial charge in [-0.1, -0.05) is 6.07 Å². The number of fused-ring (bicyclic) bond motifs is 1. The van der Waals surface area contributed by atoms with Gasteiger partial charge in [0.25, 0.3) is 0 Å². The van der Waals surface area contributed by atoms with Crippen molar-refractivity contribution < 1.29 is 0 Å². The van der Waals surface area contributed by atoms with E-state index >= 15 is 0 Å². The Labute approximate surface area is 72.4 Å². The van der Waals surface area contributed by atoms with Gasteiger partial charge in [0.05, 0.1) is 6.04 Å². The van der Waals surface area contributed by atoms with Crippen molar-refractivity contribution in [2.24, 2.45) is 0 Å². The van der Waals surface area contributed by atoms with Crippen LogP contribution in [-0.4, -0.2) is 12.0 Å². The highest BCUT2D eigenvalue weighted by molar-refractivity contribution is 5.51. The van der Waals surface area contributed by atoms with E-state index in [1.807, 2.05) is 19.0 Å². The second-order valence-corrected chi connectivity index (χ2v) is 3.28. The minimum Gasteiger partial charge on any atom is -0.294 e. The molecular formula is C9H13N3.